The first-order valence-corrected chi connectivity index (χ1v) is 6.21. The van der Waals surface area contributed by atoms with Gasteiger partial charge in [-0.1, -0.05) is 20.3 Å². The molecule has 15 heavy (non-hydrogen) atoms. The molecule has 3 nitrogen and oxygen atoms in total. The second-order valence-corrected chi connectivity index (χ2v) is 6.28. The van der Waals surface area contributed by atoms with Gasteiger partial charge in [-0.15, -0.1) is 0 Å². The van der Waals surface area contributed by atoms with Gasteiger partial charge >= 0.3 is 0 Å². The van der Waals surface area contributed by atoms with Crippen LogP contribution in [0.25, 0.3) is 0 Å². The topological polar surface area (TPSA) is 26.7 Å². The summed E-state index contributed by atoms with van der Waals surface area (Å²) in [7, 11) is 0. The van der Waals surface area contributed by atoms with Crippen LogP contribution in [0.2, 0.25) is 0 Å². The highest BCUT2D eigenvalue weighted by Crippen LogP contribution is 2.50. The van der Waals surface area contributed by atoms with Gasteiger partial charge in [-0.2, -0.15) is 0 Å². The van der Waals surface area contributed by atoms with Gasteiger partial charge in [0.25, 0.3) is 0 Å². The molecule has 4 rings (SSSR count). The van der Waals surface area contributed by atoms with E-state index >= 15 is 0 Å². The highest BCUT2D eigenvalue weighted by atomic mass is 16.3. The molecule has 1 N–H and O–H groups in total. The first-order valence-electron chi connectivity index (χ1n) is 6.21. The van der Waals surface area contributed by atoms with Gasteiger partial charge in [0, 0.05) is 37.0 Å². The van der Waals surface area contributed by atoms with Crippen molar-refractivity contribution >= 4 is 0 Å². The average Bonchev–Trinajstić information content (AvgIpc) is 2.13. The lowest BCUT2D eigenvalue weighted by atomic mass is 9.59. The van der Waals surface area contributed by atoms with E-state index in [1.807, 2.05) is 0 Å². The lowest BCUT2D eigenvalue weighted by molar-refractivity contribution is -0.233. The normalized spacial score (nSPS) is 57.4. The van der Waals surface area contributed by atoms with E-state index < -0.39 is 0 Å². The zero-order chi connectivity index (χ0) is 10.7. The van der Waals surface area contributed by atoms with Crippen molar-refractivity contribution in [1.29, 1.82) is 0 Å². The molecule has 86 valence electrons. The van der Waals surface area contributed by atoms with Crippen molar-refractivity contribution in [3.8, 4) is 0 Å². The average molecular weight is 210 g/mol. The molecule has 2 unspecified atom stereocenters. The van der Waals surface area contributed by atoms with Crippen molar-refractivity contribution in [2.75, 3.05) is 32.8 Å². The molecule has 0 aromatic carbocycles. The van der Waals surface area contributed by atoms with E-state index in [1.165, 1.54) is 12.8 Å². The van der Waals surface area contributed by atoms with E-state index in [-0.39, 0.29) is 16.9 Å². The standard InChI is InChI=1S/C12H22N2O/c1-3-4-12-7-13-5-11(2,10(12)15)6-14(8-12)9-13/h10,15H,3-9H2,1-2H3/t10-,11?,12?/m1/s1. The number of aliphatic hydroxyl groups excluding tert-OH is 1. The van der Waals surface area contributed by atoms with Crippen LogP contribution in [0.15, 0.2) is 0 Å². The number of piperidine rings is 2. The molecular weight excluding hydrogens is 188 g/mol. The van der Waals surface area contributed by atoms with Gasteiger partial charge in [0.05, 0.1) is 12.8 Å². The summed E-state index contributed by atoms with van der Waals surface area (Å²) in [6.07, 6.45) is 2.28. The van der Waals surface area contributed by atoms with Crippen LogP contribution in [0, 0.1) is 10.8 Å². The smallest absolute Gasteiger partial charge is 0.0699 e. The Bertz CT molecular complexity index is 265. The van der Waals surface area contributed by atoms with Gasteiger partial charge in [0.2, 0.25) is 0 Å². The third-order valence-corrected chi connectivity index (χ3v) is 4.63. The second-order valence-electron chi connectivity index (χ2n) is 6.28. The maximum absolute atomic E-state index is 10.6. The van der Waals surface area contributed by atoms with Gasteiger partial charge in [-0.25, -0.2) is 0 Å². The first-order chi connectivity index (χ1) is 7.08. The Kier molecular flexibility index (Phi) is 1.99. The van der Waals surface area contributed by atoms with Gasteiger partial charge in [0.1, 0.15) is 0 Å². The summed E-state index contributed by atoms with van der Waals surface area (Å²) in [5.41, 5.74) is 0.308. The molecule has 3 heteroatoms. The Morgan fingerprint density at radius 1 is 1.20 bits per heavy atom. The SMILES string of the molecule is CCCC12CN3CN(CC(C)(C3)[C@H]1O)C2. The van der Waals surface area contributed by atoms with Crippen LogP contribution in [-0.2, 0) is 0 Å². The van der Waals surface area contributed by atoms with E-state index in [9.17, 15) is 5.11 Å². The van der Waals surface area contributed by atoms with Crippen LogP contribution in [0.1, 0.15) is 26.7 Å². The van der Waals surface area contributed by atoms with Crippen LogP contribution < -0.4 is 0 Å². The molecule has 0 amide bonds. The predicted octanol–water partition coefficient (Wildman–Crippen LogP) is 0.742. The monoisotopic (exact) mass is 210 g/mol. The number of hydrogen-bond donors (Lipinski definition) is 1. The van der Waals surface area contributed by atoms with Crippen molar-refractivity contribution in [3.63, 3.8) is 0 Å². The molecule has 0 spiro atoms. The third-order valence-electron chi connectivity index (χ3n) is 4.63. The number of nitrogens with zero attached hydrogens (tertiary/aromatic N) is 2. The Hall–Kier alpha value is -0.120. The van der Waals surface area contributed by atoms with Crippen molar-refractivity contribution < 1.29 is 5.11 Å². The molecule has 0 aliphatic carbocycles. The minimum atomic E-state index is -0.0854. The van der Waals surface area contributed by atoms with E-state index in [0.717, 1.165) is 32.8 Å². The molecular formula is C12H22N2O. The summed E-state index contributed by atoms with van der Waals surface area (Å²) in [4.78, 5) is 5.07. The van der Waals surface area contributed by atoms with Crippen LogP contribution in [0.3, 0.4) is 0 Å². The summed E-state index contributed by atoms with van der Waals surface area (Å²) in [6.45, 7) is 10.1. The highest BCUT2D eigenvalue weighted by molar-refractivity contribution is 5.11. The van der Waals surface area contributed by atoms with Gasteiger partial charge < -0.3 is 5.11 Å². The zero-order valence-electron chi connectivity index (χ0n) is 9.87. The van der Waals surface area contributed by atoms with Crippen molar-refractivity contribution in [3.05, 3.63) is 0 Å². The molecule has 4 bridgehead atoms. The summed E-state index contributed by atoms with van der Waals surface area (Å²) >= 11 is 0. The zero-order valence-corrected chi connectivity index (χ0v) is 9.87. The minimum absolute atomic E-state index is 0.0854. The van der Waals surface area contributed by atoms with Gasteiger partial charge in [-0.3, -0.25) is 9.80 Å². The fourth-order valence-electron chi connectivity index (χ4n) is 4.48. The largest absolute Gasteiger partial charge is 0.392 e. The van der Waals surface area contributed by atoms with Gasteiger partial charge in [0.15, 0.2) is 0 Å². The third kappa shape index (κ3) is 1.23. The van der Waals surface area contributed by atoms with E-state index in [0.29, 0.717) is 0 Å². The quantitative estimate of drug-likeness (QED) is 0.728. The highest BCUT2D eigenvalue weighted by Gasteiger charge is 2.60. The Morgan fingerprint density at radius 3 is 2.33 bits per heavy atom. The van der Waals surface area contributed by atoms with Crippen LogP contribution in [0.5, 0.6) is 0 Å². The molecule has 0 radical (unpaired) electrons. The van der Waals surface area contributed by atoms with Crippen molar-refractivity contribution in [2.45, 2.75) is 32.8 Å². The molecule has 0 aromatic heterocycles. The predicted molar refractivity (Wildman–Crippen MR) is 59.5 cm³/mol. The van der Waals surface area contributed by atoms with Gasteiger partial charge in [-0.05, 0) is 6.42 Å². The maximum atomic E-state index is 10.6. The summed E-state index contributed by atoms with van der Waals surface area (Å²) < 4.78 is 0. The van der Waals surface area contributed by atoms with Crippen LogP contribution >= 0.6 is 0 Å². The van der Waals surface area contributed by atoms with Crippen LogP contribution in [-0.4, -0.2) is 53.9 Å². The lowest BCUT2D eigenvalue weighted by Crippen LogP contribution is -2.76. The molecule has 4 fully saturated rings. The molecule has 0 saturated carbocycles. The molecule has 3 atom stereocenters. The fourth-order valence-corrected chi connectivity index (χ4v) is 4.48. The number of aliphatic hydroxyl groups is 1. The molecule has 4 heterocycles. The Labute approximate surface area is 92.1 Å². The Balaban J connectivity index is 1.96. The maximum Gasteiger partial charge on any atom is 0.0699 e. The summed E-state index contributed by atoms with van der Waals surface area (Å²) in [5, 5.41) is 10.6. The lowest BCUT2D eigenvalue weighted by Gasteiger charge is -2.66. The molecule has 4 aliphatic rings. The van der Waals surface area contributed by atoms with E-state index in [1.54, 1.807) is 0 Å². The Morgan fingerprint density at radius 2 is 1.80 bits per heavy atom. The number of rotatable bonds is 2. The van der Waals surface area contributed by atoms with Crippen LogP contribution in [0.4, 0.5) is 0 Å². The number of hydrogen-bond acceptors (Lipinski definition) is 3. The molecule has 4 aliphatic heterocycles. The van der Waals surface area contributed by atoms with Crippen molar-refractivity contribution in [2.24, 2.45) is 10.8 Å². The second kappa shape index (κ2) is 2.96. The molecule has 4 saturated heterocycles. The van der Waals surface area contributed by atoms with Crippen molar-refractivity contribution in [1.82, 2.24) is 9.80 Å². The first kappa shape index (κ1) is 10.1. The van der Waals surface area contributed by atoms with E-state index in [2.05, 4.69) is 23.6 Å². The summed E-state index contributed by atoms with van der Waals surface area (Å²) in [6, 6.07) is 0. The summed E-state index contributed by atoms with van der Waals surface area (Å²) in [5.74, 6) is 0. The van der Waals surface area contributed by atoms with E-state index in [4.69, 9.17) is 0 Å². The fraction of sp³-hybridized carbons (Fsp3) is 1.00. The minimum Gasteiger partial charge on any atom is -0.392 e. The molecule has 0 aromatic rings.